The van der Waals surface area contributed by atoms with Crippen LogP contribution in [0.1, 0.15) is 11.1 Å². The van der Waals surface area contributed by atoms with E-state index in [1.165, 1.54) is 12.0 Å². The number of benzene rings is 2. The van der Waals surface area contributed by atoms with E-state index < -0.39 is 0 Å². The SMILES string of the molecule is Cc1cc(-c2nnco2)ccc1NCc1cccc(Br)c1. The van der Waals surface area contributed by atoms with Crippen molar-refractivity contribution in [2.45, 2.75) is 13.5 Å². The van der Waals surface area contributed by atoms with Crippen molar-refractivity contribution in [3.63, 3.8) is 0 Å². The highest BCUT2D eigenvalue weighted by Crippen LogP contribution is 2.23. The van der Waals surface area contributed by atoms with Crippen LogP contribution in [0, 0.1) is 6.92 Å². The van der Waals surface area contributed by atoms with E-state index in [0.29, 0.717) is 5.89 Å². The number of nitrogens with zero attached hydrogens (tertiary/aromatic N) is 2. The van der Waals surface area contributed by atoms with Gasteiger partial charge in [-0.3, -0.25) is 0 Å². The molecular formula is C16H14BrN3O. The monoisotopic (exact) mass is 343 g/mol. The van der Waals surface area contributed by atoms with Crippen molar-refractivity contribution in [3.8, 4) is 11.5 Å². The first-order valence-corrected chi connectivity index (χ1v) is 7.37. The zero-order valence-electron chi connectivity index (χ0n) is 11.5. The van der Waals surface area contributed by atoms with Crippen molar-refractivity contribution < 1.29 is 4.42 Å². The minimum Gasteiger partial charge on any atom is -0.423 e. The topological polar surface area (TPSA) is 51.0 Å². The molecule has 2 aromatic carbocycles. The number of rotatable bonds is 4. The number of halogens is 1. The maximum atomic E-state index is 5.21. The standard InChI is InChI=1S/C16H14BrN3O/c1-11-7-13(16-20-19-10-21-16)5-6-15(11)18-9-12-3-2-4-14(17)8-12/h2-8,10,18H,9H2,1H3. The third-order valence-corrected chi connectivity index (χ3v) is 3.70. The van der Waals surface area contributed by atoms with Gasteiger partial charge >= 0.3 is 0 Å². The summed E-state index contributed by atoms with van der Waals surface area (Å²) in [6, 6.07) is 14.3. The molecule has 0 atom stereocenters. The summed E-state index contributed by atoms with van der Waals surface area (Å²) in [5.74, 6) is 0.539. The second-order valence-electron chi connectivity index (χ2n) is 4.76. The van der Waals surface area contributed by atoms with Crippen LogP contribution in [0.3, 0.4) is 0 Å². The van der Waals surface area contributed by atoms with Crippen molar-refractivity contribution in [3.05, 3.63) is 64.5 Å². The smallest absolute Gasteiger partial charge is 0.247 e. The quantitative estimate of drug-likeness (QED) is 0.761. The van der Waals surface area contributed by atoms with Gasteiger partial charge in [-0.1, -0.05) is 28.1 Å². The van der Waals surface area contributed by atoms with Gasteiger partial charge in [-0.25, -0.2) is 0 Å². The number of aryl methyl sites for hydroxylation is 1. The van der Waals surface area contributed by atoms with Crippen LogP contribution in [0.5, 0.6) is 0 Å². The van der Waals surface area contributed by atoms with E-state index in [4.69, 9.17) is 4.42 Å². The van der Waals surface area contributed by atoms with Crippen LogP contribution in [0.15, 0.2) is 57.7 Å². The minimum atomic E-state index is 0.539. The van der Waals surface area contributed by atoms with Crippen molar-refractivity contribution in [2.24, 2.45) is 0 Å². The number of anilines is 1. The lowest BCUT2D eigenvalue weighted by Gasteiger charge is -2.10. The van der Waals surface area contributed by atoms with Crippen molar-refractivity contribution in [2.75, 3.05) is 5.32 Å². The normalized spacial score (nSPS) is 10.6. The Balaban J connectivity index is 1.74. The number of hydrogen-bond acceptors (Lipinski definition) is 4. The fraction of sp³-hybridized carbons (Fsp3) is 0.125. The van der Waals surface area contributed by atoms with Crippen molar-refractivity contribution in [1.82, 2.24) is 10.2 Å². The predicted octanol–water partition coefficient (Wildman–Crippen LogP) is 4.42. The summed E-state index contributed by atoms with van der Waals surface area (Å²) in [7, 11) is 0. The van der Waals surface area contributed by atoms with Gasteiger partial charge in [-0.15, -0.1) is 10.2 Å². The second-order valence-corrected chi connectivity index (χ2v) is 5.67. The van der Waals surface area contributed by atoms with E-state index in [2.05, 4.69) is 50.5 Å². The molecule has 1 N–H and O–H groups in total. The van der Waals surface area contributed by atoms with Gasteiger partial charge < -0.3 is 9.73 Å². The molecule has 0 aliphatic heterocycles. The van der Waals surface area contributed by atoms with Gasteiger partial charge in [0.2, 0.25) is 12.3 Å². The van der Waals surface area contributed by atoms with E-state index >= 15 is 0 Å². The first-order valence-electron chi connectivity index (χ1n) is 6.58. The highest BCUT2D eigenvalue weighted by molar-refractivity contribution is 9.10. The minimum absolute atomic E-state index is 0.539. The maximum absolute atomic E-state index is 5.21. The molecule has 0 saturated heterocycles. The fourth-order valence-electron chi connectivity index (χ4n) is 2.14. The molecule has 0 radical (unpaired) electrons. The molecule has 4 nitrogen and oxygen atoms in total. The third-order valence-electron chi connectivity index (χ3n) is 3.21. The van der Waals surface area contributed by atoms with Crippen LogP contribution in [0.4, 0.5) is 5.69 Å². The molecule has 0 unspecified atom stereocenters. The lowest BCUT2D eigenvalue weighted by Crippen LogP contribution is -2.01. The Morgan fingerprint density at radius 2 is 2.10 bits per heavy atom. The van der Waals surface area contributed by atoms with Crippen LogP contribution >= 0.6 is 15.9 Å². The summed E-state index contributed by atoms with van der Waals surface area (Å²) in [5, 5.41) is 11.1. The summed E-state index contributed by atoms with van der Waals surface area (Å²) in [4.78, 5) is 0. The Morgan fingerprint density at radius 3 is 2.81 bits per heavy atom. The molecule has 1 aromatic heterocycles. The van der Waals surface area contributed by atoms with Crippen LogP contribution in [0.25, 0.3) is 11.5 Å². The van der Waals surface area contributed by atoms with Gasteiger partial charge in [0, 0.05) is 22.3 Å². The summed E-state index contributed by atoms with van der Waals surface area (Å²) >= 11 is 3.48. The van der Waals surface area contributed by atoms with E-state index in [-0.39, 0.29) is 0 Å². The highest BCUT2D eigenvalue weighted by atomic mass is 79.9. The fourth-order valence-corrected chi connectivity index (χ4v) is 2.58. The van der Waals surface area contributed by atoms with E-state index in [0.717, 1.165) is 27.8 Å². The number of nitrogens with one attached hydrogen (secondary N) is 1. The van der Waals surface area contributed by atoms with Crippen molar-refractivity contribution in [1.29, 1.82) is 0 Å². The molecule has 0 saturated carbocycles. The Hall–Kier alpha value is -2.14. The van der Waals surface area contributed by atoms with Gasteiger partial charge in [-0.2, -0.15) is 0 Å². The molecule has 106 valence electrons. The zero-order valence-corrected chi connectivity index (χ0v) is 13.1. The summed E-state index contributed by atoms with van der Waals surface area (Å²) in [6.45, 7) is 2.84. The summed E-state index contributed by atoms with van der Waals surface area (Å²) < 4.78 is 6.30. The Labute approximate surface area is 131 Å². The largest absolute Gasteiger partial charge is 0.423 e. The van der Waals surface area contributed by atoms with Gasteiger partial charge in [-0.05, 0) is 48.4 Å². The Bertz CT molecular complexity index is 741. The molecule has 21 heavy (non-hydrogen) atoms. The average Bonchev–Trinajstić information content (AvgIpc) is 3.00. The van der Waals surface area contributed by atoms with Crippen molar-refractivity contribution >= 4 is 21.6 Å². The lowest BCUT2D eigenvalue weighted by atomic mass is 10.1. The molecule has 3 aromatic rings. The van der Waals surface area contributed by atoms with Gasteiger partial charge in [0.25, 0.3) is 0 Å². The highest BCUT2D eigenvalue weighted by Gasteiger charge is 2.06. The van der Waals surface area contributed by atoms with Gasteiger partial charge in [0.05, 0.1) is 0 Å². The van der Waals surface area contributed by atoms with E-state index in [1.807, 2.05) is 30.3 Å². The van der Waals surface area contributed by atoms with Crippen LogP contribution in [-0.2, 0) is 6.54 Å². The number of aromatic nitrogens is 2. The molecule has 0 spiro atoms. The molecule has 0 bridgehead atoms. The first-order chi connectivity index (χ1) is 10.2. The Morgan fingerprint density at radius 1 is 1.19 bits per heavy atom. The summed E-state index contributed by atoms with van der Waals surface area (Å²) in [5.41, 5.74) is 4.39. The van der Waals surface area contributed by atoms with E-state index in [1.54, 1.807) is 0 Å². The molecule has 1 heterocycles. The number of hydrogen-bond donors (Lipinski definition) is 1. The zero-order chi connectivity index (χ0) is 14.7. The molecule has 5 heteroatoms. The average molecular weight is 344 g/mol. The van der Waals surface area contributed by atoms with Gasteiger partial charge in [0.15, 0.2) is 0 Å². The van der Waals surface area contributed by atoms with E-state index in [9.17, 15) is 0 Å². The predicted molar refractivity (Wildman–Crippen MR) is 85.9 cm³/mol. The second kappa shape index (κ2) is 6.10. The molecule has 3 rings (SSSR count). The van der Waals surface area contributed by atoms with Crippen LogP contribution in [-0.4, -0.2) is 10.2 Å². The molecule has 0 amide bonds. The molecule has 0 aliphatic rings. The summed E-state index contributed by atoms with van der Waals surface area (Å²) in [6.07, 6.45) is 1.34. The molecule has 0 aliphatic carbocycles. The van der Waals surface area contributed by atoms with Gasteiger partial charge in [0.1, 0.15) is 0 Å². The molecular weight excluding hydrogens is 330 g/mol. The lowest BCUT2D eigenvalue weighted by molar-refractivity contribution is 0.568. The maximum Gasteiger partial charge on any atom is 0.247 e. The third kappa shape index (κ3) is 3.31. The van der Waals surface area contributed by atoms with Crippen LogP contribution in [0.2, 0.25) is 0 Å². The Kier molecular flexibility index (Phi) is 4.01. The van der Waals surface area contributed by atoms with Crippen LogP contribution < -0.4 is 5.32 Å². The molecule has 0 fully saturated rings. The first kappa shape index (κ1) is 13.8.